The predicted molar refractivity (Wildman–Crippen MR) is 178 cm³/mol. The van der Waals surface area contributed by atoms with Crippen molar-refractivity contribution >= 4 is 56.5 Å². The van der Waals surface area contributed by atoms with E-state index < -0.39 is 29.3 Å². The first-order valence-corrected chi connectivity index (χ1v) is 16.2. The molecule has 1 aliphatic rings. The third-order valence-electron chi connectivity index (χ3n) is 7.34. The number of halogens is 1. The minimum absolute atomic E-state index is 0.168. The second-order valence-corrected chi connectivity index (χ2v) is 12.4. The lowest BCUT2D eigenvalue weighted by Gasteiger charge is -2.23. The Balaban J connectivity index is 1.40. The van der Waals surface area contributed by atoms with E-state index in [9.17, 15) is 19.1 Å². The van der Waals surface area contributed by atoms with Crippen molar-refractivity contribution in [3.8, 4) is 11.5 Å². The van der Waals surface area contributed by atoms with Crippen molar-refractivity contribution in [3.63, 3.8) is 0 Å². The van der Waals surface area contributed by atoms with Crippen molar-refractivity contribution in [3.05, 3.63) is 126 Å². The molecule has 1 atom stereocenters. The second kappa shape index (κ2) is 13.6. The molecule has 5 aromatic rings. The van der Waals surface area contributed by atoms with Gasteiger partial charge in [-0.15, -0.1) is 10.2 Å². The number of rotatable bonds is 11. The number of nitrogens with zero attached hydrogens (tertiary/aromatic N) is 3. The van der Waals surface area contributed by atoms with Crippen LogP contribution in [0.5, 0.6) is 11.5 Å². The predicted octanol–water partition coefficient (Wildman–Crippen LogP) is 7.71. The number of aromatic nitrogens is 2. The fourth-order valence-electron chi connectivity index (χ4n) is 5.26. The van der Waals surface area contributed by atoms with Crippen molar-refractivity contribution in [1.82, 2.24) is 10.2 Å². The Morgan fingerprint density at radius 3 is 2.59 bits per heavy atom. The van der Waals surface area contributed by atoms with E-state index in [4.69, 9.17) is 9.47 Å². The number of fused-ring (bicyclic) bond motifs is 1. The molecular weight excluding hydrogens is 626 g/mol. The molecule has 2 heterocycles. The summed E-state index contributed by atoms with van der Waals surface area (Å²) in [6.45, 7) is 6.08. The quantitative estimate of drug-likeness (QED) is 0.0386. The lowest BCUT2D eigenvalue weighted by molar-refractivity contribution is -0.132. The van der Waals surface area contributed by atoms with Gasteiger partial charge in [-0.25, -0.2) is 4.39 Å². The molecule has 46 heavy (non-hydrogen) atoms. The Hall–Kier alpha value is -5.00. The van der Waals surface area contributed by atoms with Crippen molar-refractivity contribution in [1.29, 1.82) is 0 Å². The van der Waals surface area contributed by atoms with Crippen LogP contribution >= 0.6 is 23.1 Å². The Labute approximate surface area is 272 Å². The number of benzene rings is 4. The number of thioether (sulfide) groups is 1. The molecule has 8 nitrogen and oxygen atoms in total. The van der Waals surface area contributed by atoms with Crippen LogP contribution in [0.1, 0.15) is 29.7 Å². The zero-order valence-corrected chi connectivity index (χ0v) is 26.3. The van der Waals surface area contributed by atoms with Crippen LogP contribution in [0, 0.1) is 5.82 Å². The topological polar surface area (TPSA) is 102 Å². The number of carbonyl (C=O) groups is 2. The zero-order valence-electron chi connectivity index (χ0n) is 24.7. The maximum absolute atomic E-state index is 13.7. The molecule has 0 radical (unpaired) electrons. The van der Waals surface area contributed by atoms with Gasteiger partial charge in [-0.05, 0) is 65.2 Å². The van der Waals surface area contributed by atoms with Gasteiger partial charge in [0.25, 0.3) is 5.78 Å². The fourth-order valence-corrected chi connectivity index (χ4v) is 7.13. The molecule has 1 aliphatic heterocycles. The number of aliphatic hydroxyl groups is 1. The second-order valence-electron chi connectivity index (χ2n) is 10.2. The van der Waals surface area contributed by atoms with Gasteiger partial charge in [-0.3, -0.25) is 14.5 Å². The highest BCUT2D eigenvalue weighted by Gasteiger charge is 2.48. The van der Waals surface area contributed by atoms with Gasteiger partial charge in [0.15, 0.2) is 15.8 Å². The van der Waals surface area contributed by atoms with E-state index >= 15 is 0 Å². The molecule has 1 N–H and O–H groups in total. The summed E-state index contributed by atoms with van der Waals surface area (Å²) in [4.78, 5) is 28.5. The van der Waals surface area contributed by atoms with E-state index in [0.29, 0.717) is 33.8 Å². The number of ketones is 1. The van der Waals surface area contributed by atoms with Gasteiger partial charge in [0.2, 0.25) is 5.13 Å². The largest absolute Gasteiger partial charge is 0.507 e. The number of amides is 1. The lowest BCUT2D eigenvalue weighted by atomic mass is 9.95. The first-order chi connectivity index (χ1) is 22.4. The van der Waals surface area contributed by atoms with E-state index in [1.165, 1.54) is 52.3 Å². The first kappa shape index (κ1) is 31.0. The lowest BCUT2D eigenvalue weighted by Crippen LogP contribution is -2.29. The number of hydrogen-bond acceptors (Lipinski definition) is 9. The summed E-state index contributed by atoms with van der Waals surface area (Å²) >= 11 is 2.64. The SMILES string of the molecule is C=CCOc1ccc(C2/C(=C(\O)c3ccc(F)cc3)C(=O)C(=O)N2c2nnc(SCc3cccc4ccccc34)s2)cc1OCC. The van der Waals surface area contributed by atoms with Crippen LogP contribution in [0.3, 0.4) is 0 Å². The first-order valence-electron chi connectivity index (χ1n) is 14.4. The highest BCUT2D eigenvalue weighted by Crippen LogP contribution is 2.46. The molecule has 1 aromatic heterocycles. The number of anilines is 1. The third-order valence-corrected chi connectivity index (χ3v) is 9.44. The summed E-state index contributed by atoms with van der Waals surface area (Å²) in [5.74, 6) is -1.27. The normalized spacial score (nSPS) is 15.8. The van der Waals surface area contributed by atoms with Crippen LogP contribution in [0.4, 0.5) is 9.52 Å². The van der Waals surface area contributed by atoms with Crippen molar-refractivity contribution in [2.45, 2.75) is 23.1 Å². The average molecular weight is 654 g/mol. The number of ether oxygens (including phenoxy) is 2. The summed E-state index contributed by atoms with van der Waals surface area (Å²) in [5, 5.41) is 22.5. The molecule has 0 saturated carbocycles. The van der Waals surface area contributed by atoms with Gasteiger partial charge in [-0.1, -0.05) is 84.3 Å². The number of aliphatic hydroxyl groups excluding tert-OH is 1. The number of carbonyl (C=O) groups excluding carboxylic acids is 2. The molecule has 4 aromatic carbocycles. The third kappa shape index (κ3) is 6.11. The highest BCUT2D eigenvalue weighted by molar-refractivity contribution is 8.00. The molecule has 6 rings (SSSR count). The highest BCUT2D eigenvalue weighted by atomic mass is 32.2. The van der Waals surface area contributed by atoms with Gasteiger partial charge in [0, 0.05) is 11.3 Å². The molecule has 1 unspecified atom stereocenters. The minimum Gasteiger partial charge on any atom is -0.507 e. The molecule has 232 valence electrons. The van der Waals surface area contributed by atoms with Crippen LogP contribution in [0.15, 0.2) is 107 Å². The van der Waals surface area contributed by atoms with E-state index in [0.717, 1.165) is 16.3 Å². The van der Waals surface area contributed by atoms with Crippen LogP contribution in [0.25, 0.3) is 16.5 Å². The van der Waals surface area contributed by atoms with E-state index in [2.05, 4.69) is 41.0 Å². The van der Waals surface area contributed by atoms with E-state index in [-0.39, 0.29) is 22.9 Å². The summed E-state index contributed by atoms with van der Waals surface area (Å²) in [5.41, 5.74) is 1.61. The van der Waals surface area contributed by atoms with Crippen LogP contribution < -0.4 is 14.4 Å². The Morgan fingerprint density at radius 1 is 1.02 bits per heavy atom. The van der Waals surface area contributed by atoms with E-state index in [1.807, 2.05) is 25.1 Å². The van der Waals surface area contributed by atoms with E-state index in [1.54, 1.807) is 24.3 Å². The summed E-state index contributed by atoms with van der Waals surface area (Å²) < 4.78 is 25.9. The Morgan fingerprint density at radius 2 is 1.80 bits per heavy atom. The van der Waals surface area contributed by atoms with Gasteiger partial charge in [-0.2, -0.15) is 0 Å². The number of Topliss-reactive ketones (excluding diaryl/α,β-unsaturated/α-hetero) is 1. The number of hydrogen-bond donors (Lipinski definition) is 1. The van der Waals surface area contributed by atoms with Gasteiger partial charge in [0.1, 0.15) is 18.2 Å². The fraction of sp³-hybridized carbons (Fsp3) is 0.143. The van der Waals surface area contributed by atoms with Crippen molar-refractivity contribution in [2.24, 2.45) is 0 Å². The maximum Gasteiger partial charge on any atom is 0.301 e. The molecule has 1 amide bonds. The minimum atomic E-state index is -1.08. The standard InChI is InChI=1S/C35H28FN3O5S2/c1-3-18-44-27-17-14-23(19-28(27)43-4-2)30-29(31(40)22-12-15-25(36)16-13-22)32(41)33(42)39(30)34-37-38-35(46-34)45-20-24-10-7-9-21-8-5-6-11-26(21)24/h3,5-17,19,30,40H,1,4,18,20H2,2H3/b31-29+. The van der Waals surface area contributed by atoms with Crippen molar-refractivity contribution in [2.75, 3.05) is 18.1 Å². The van der Waals surface area contributed by atoms with Crippen LogP contribution in [-0.4, -0.2) is 40.2 Å². The molecule has 1 saturated heterocycles. The van der Waals surface area contributed by atoms with Gasteiger partial charge in [0.05, 0.1) is 18.2 Å². The Kier molecular flexibility index (Phi) is 9.13. The maximum atomic E-state index is 13.7. The average Bonchev–Trinajstić information content (AvgIpc) is 3.64. The smallest absolute Gasteiger partial charge is 0.301 e. The van der Waals surface area contributed by atoms with Crippen molar-refractivity contribution < 1.29 is 28.6 Å². The summed E-state index contributed by atoms with van der Waals surface area (Å²) in [7, 11) is 0. The molecule has 0 aliphatic carbocycles. The molecule has 1 fully saturated rings. The van der Waals surface area contributed by atoms with Crippen LogP contribution in [0.2, 0.25) is 0 Å². The molecule has 11 heteroatoms. The van der Waals surface area contributed by atoms with Gasteiger partial charge < -0.3 is 14.6 Å². The zero-order chi connectivity index (χ0) is 32.2. The Bertz CT molecular complexity index is 1970. The molecule has 0 bridgehead atoms. The molecular formula is C35H28FN3O5S2. The van der Waals surface area contributed by atoms with Crippen LogP contribution in [-0.2, 0) is 15.3 Å². The summed E-state index contributed by atoms with van der Waals surface area (Å²) in [6.07, 6.45) is 1.60. The monoisotopic (exact) mass is 653 g/mol. The molecule has 0 spiro atoms. The van der Waals surface area contributed by atoms with Gasteiger partial charge >= 0.3 is 5.91 Å². The summed E-state index contributed by atoms with van der Waals surface area (Å²) in [6, 6.07) is 23.2.